The highest BCUT2D eigenvalue weighted by Gasteiger charge is 2.07. The molecule has 0 spiro atoms. The third kappa shape index (κ3) is 6.89. The molecule has 0 bridgehead atoms. The van der Waals surface area contributed by atoms with Gasteiger partial charge in [0.25, 0.3) is 0 Å². The zero-order chi connectivity index (χ0) is 19.6. The van der Waals surface area contributed by atoms with Crippen molar-refractivity contribution < 1.29 is 19.1 Å². The fourth-order valence-corrected chi connectivity index (χ4v) is 2.51. The summed E-state index contributed by atoms with van der Waals surface area (Å²) < 4.78 is 11.4. The van der Waals surface area contributed by atoms with E-state index < -0.39 is 0 Å². The van der Waals surface area contributed by atoms with E-state index in [1.165, 1.54) is 6.21 Å². The molecular formula is C19H20IN3O4. The standard InChI is InChI=1S/C19H20IN3O4/c1-26-16-8-3-13(11-17(16)27-2)12-21-23-19(25)10-9-18(24)22-15-6-4-14(20)5-7-15/h3-8,11-12H,9-10H2,1-2H3,(H,22,24)(H,23,25)/b21-12+. The number of nitrogens with one attached hydrogen (secondary N) is 2. The molecule has 0 aromatic heterocycles. The smallest absolute Gasteiger partial charge is 0.240 e. The van der Waals surface area contributed by atoms with Crippen molar-refractivity contribution in [2.24, 2.45) is 5.10 Å². The van der Waals surface area contributed by atoms with E-state index in [4.69, 9.17) is 9.47 Å². The van der Waals surface area contributed by atoms with Crippen LogP contribution in [0.2, 0.25) is 0 Å². The number of rotatable bonds is 8. The van der Waals surface area contributed by atoms with Gasteiger partial charge in [0.15, 0.2) is 11.5 Å². The summed E-state index contributed by atoms with van der Waals surface area (Å²) in [5, 5.41) is 6.63. The molecule has 7 nitrogen and oxygen atoms in total. The summed E-state index contributed by atoms with van der Waals surface area (Å²) in [5.41, 5.74) is 3.84. The van der Waals surface area contributed by atoms with Crippen LogP contribution >= 0.6 is 22.6 Å². The van der Waals surface area contributed by atoms with Gasteiger partial charge in [0.05, 0.1) is 20.4 Å². The van der Waals surface area contributed by atoms with Gasteiger partial charge < -0.3 is 14.8 Å². The average molecular weight is 481 g/mol. The van der Waals surface area contributed by atoms with Gasteiger partial charge in [0, 0.05) is 22.1 Å². The summed E-state index contributed by atoms with van der Waals surface area (Å²) in [4.78, 5) is 23.7. The van der Waals surface area contributed by atoms with Crippen molar-refractivity contribution in [3.05, 3.63) is 51.6 Å². The number of anilines is 1. The molecule has 0 unspecified atom stereocenters. The number of hydrazone groups is 1. The van der Waals surface area contributed by atoms with Crippen molar-refractivity contribution in [3.63, 3.8) is 0 Å². The Morgan fingerprint density at radius 1 is 1.00 bits per heavy atom. The summed E-state index contributed by atoms with van der Waals surface area (Å²) in [6.07, 6.45) is 1.61. The lowest BCUT2D eigenvalue weighted by atomic mass is 10.2. The molecule has 0 heterocycles. The number of carbonyl (C=O) groups excluding carboxylic acids is 2. The maximum absolute atomic E-state index is 11.9. The average Bonchev–Trinajstić information content (AvgIpc) is 2.68. The number of benzene rings is 2. The van der Waals surface area contributed by atoms with Crippen molar-refractivity contribution >= 4 is 46.3 Å². The fraction of sp³-hybridized carbons (Fsp3) is 0.211. The normalized spacial score (nSPS) is 10.5. The van der Waals surface area contributed by atoms with Gasteiger partial charge in [-0.05, 0) is 70.6 Å². The van der Waals surface area contributed by atoms with Crippen LogP contribution in [-0.4, -0.2) is 32.2 Å². The Morgan fingerprint density at radius 2 is 1.67 bits per heavy atom. The second-order valence-corrected chi connectivity index (χ2v) is 6.71. The van der Waals surface area contributed by atoms with Gasteiger partial charge in [-0.15, -0.1) is 0 Å². The van der Waals surface area contributed by atoms with E-state index in [0.717, 1.165) is 9.13 Å². The molecule has 8 heteroatoms. The summed E-state index contributed by atoms with van der Waals surface area (Å²) in [6.45, 7) is 0. The second-order valence-electron chi connectivity index (χ2n) is 5.46. The predicted molar refractivity (Wildman–Crippen MR) is 112 cm³/mol. The number of hydrogen-bond donors (Lipinski definition) is 2. The fourth-order valence-electron chi connectivity index (χ4n) is 2.15. The van der Waals surface area contributed by atoms with Crippen LogP contribution in [0.5, 0.6) is 11.5 Å². The highest BCUT2D eigenvalue weighted by Crippen LogP contribution is 2.26. The maximum Gasteiger partial charge on any atom is 0.240 e. The first-order valence-electron chi connectivity index (χ1n) is 8.11. The number of nitrogens with zero attached hydrogens (tertiary/aromatic N) is 1. The zero-order valence-electron chi connectivity index (χ0n) is 15.0. The Bertz CT molecular complexity index is 822. The predicted octanol–water partition coefficient (Wildman–Crippen LogP) is 3.18. The van der Waals surface area contributed by atoms with E-state index in [0.29, 0.717) is 17.2 Å². The molecule has 0 fully saturated rings. The quantitative estimate of drug-likeness (QED) is 0.345. The molecule has 0 saturated carbocycles. The Balaban J connectivity index is 1.77. The van der Waals surface area contributed by atoms with Crippen molar-refractivity contribution in [1.29, 1.82) is 0 Å². The molecule has 2 amide bonds. The molecule has 27 heavy (non-hydrogen) atoms. The summed E-state index contributed by atoms with van der Waals surface area (Å²) >= 11 is 2.19. The van der Waals surface area contributed by atoms with Crippen molar-refractivity contribution in [1.82, 2.24) is 5.43 Å². The third-order valence-corrected chi connectivity index (χ3v) is 4.24. The number of halogens is 1. The highest BCUT2D eigenvalue weighted by atomic mass is 127. The molecule has 0 aliphatic rings. The molecule has 0 radical (unpaired) electrons. The van der Waals surface area contributed by atoms with Gasteiger partial charge in [0.1, 0.15) is 0 Å². The Labute approximate surface area is 171 Å². The summed E-state index contributed by atoms with van der Waals surface area (Å²) in [7, 11) is 3.10. The van der Waals surface area contributed by atoms with Gasteiger partial charge in [-0.3, -0.25) is 9.59 Å². The van der Waals surface area contributed by atoms with Gasteiger partial charge in [-0.25, -0.2) is 5.43 Å². The van der Waals surface area contributed by atoms with Crippen LogP contribution in [0.25, 0.3) is 0 Å². The van der Waals surface area contributed by atoms with Gasteiger partial charge >= 0.3 is 0 Å². The number of carbonyl (C=O) groups is 2. The molecule has 2 aromatic carbocycles. The van der Waals surface area contributed by atoms with Crippen molar-refractivity contribution in [2.75, 3.05) is 19.5 Å². The summed E-state index contributed by atoms with van der Waals surface area (Å²) in [6, 6.07) is 12.7. The first kappa shape index (κ1) is 20.7. The second kappa shape index (κ2) is 10.5. The molecule has 2 rings (SSSR count). The molecular weight excluding hydrogens is 461 g/mol. The lowest BCUT2D eigenvalue weighted by molar-refractivity contribution is -0.124. The first-order chi connectivity index (χ1) is 13.0. The molecule has 0 saturated heterocycles. The topological polar surface area (TPSA) is 89.0 Å². The number of amides is 2. The minimum absolute atomic E-state index is 0.0411. The van der Waals surface area contributed by atoms with Crippen LogP contribution in [0, 0.1) is 3.57 Å². The largest absolute Gasteiger partial charge is 0.493 e. The van der Waals surface area contributed by atoms with E-state index in [-0.39, 0.29) is 24.7 Å². The Kier molecular flexibility index (Phi) is 8.05. The van der Waals surface area contributed by atoms with Crippen molar-refractivity contribution in [2.45, 2.75) is 12.8 Å². The first-order valence-corrected chi connectivity index (χ1v) is 9.19. The molecule has 2 N–H and O–H groups in total. The molecule has 0 atom stereocenters. The Morgan fingerprint density at radius 3 is 2.33 bits per heavy atom. The minimum atomic E-state index is -0.343. The van der Waals surface area contributed by atoms with Crippen molar-refractivity contribution in [3.8, 4) is 11.5 Å². The number of hydrogen-bond acceptors (Lipinski definition) is 5. The van der Waals surface area contributed by atoms with E-state index in [1.807, 2.05) is 24.3 Å². The van der Waals surface area contributed by atoms with Crippen LogP contribution in [0.3, 0.4) is 0 Å². The van der Waals surface area contributed by atoms with E-state index in [1.54, 1.807) is 32.4 Å². The number of methoxy groups -OCH3 is 2. The van der Waals surface area contributed by atoms with E-state index >= 15 is 0 Å². The van der Waals surface area contributed by atoms with Crippen LogP contribution in [-0.2, 0) is 9.59 Å². The van der Waals surface area contributed by atoms with Crippen LogP contribution < -0.4 is 20.2 Å². The van der Waals surface area contributed by atoms with Crippen LogP contribution in [0.15, 0.2) is 47.6 Å². The highest BCUT2D eigenvalue weighted by molar-refractivity contribution is 14.1. The lowest BCUT2D eigenvalue weighted by Gasteiger charge is -2.07. The monoisotopic (exact) mass is 481 g/mol. The SMILES string of the molecule is COc1ccc(/C=N/NC(=O)CCC(=O)Nc2ccc(I)cc2)cc1OC. The minimum Gasteiger partial charge on any atom is -0.493 e. The molecule has 0 aliphatic heterocycles. The third-order valence-electron chi connectivity index (χ3n) is 3.52. The van der Waals surface area contributed by atoms with Gasteiger partial charge in [-0.1, -0.05) is 0 Å². The lowest BCUT2D eigenvalue weighted by Crippen LogP contribution is -2.20. The number of ether oxygens (including phenoxy) is 2. The maximum atomic E-state index is 11.9. The molecule has 0 aliphatic carbocycles. The molecule has 2 aromatic rings. The van der Waals surface area contributed by atoms with Crippen LogP contribution in [0.1, 0.15) is 18.4 Å². The van der Waals surface area contributed by atoms with E-state index in [2.05, 4.69) is 38.4 Å². The zero-order valence-corrected chi connectivity index (χ0v) is 17.1. The summed E-state index contributed by atoms with van der Waals surface area (Å²) in [5.74, 6) is 0.609. The van der Waals surface area contributed by atoms with Crippen LogP contribution in [0.4, 0.5) is 5.69 Å². The Hall–Kier alpha value is -2.62. The van der Waals surface area contributed by atoms with Gasteiger partial charge in [-0.2, -0.15) is 5.10 Å². The molecule has 142 valence electrons. The van der Waals surface area contributed by atoms with Gasteiger partial charge in [0.2, 0.25) is 11.8 Å². The van der Waals surface area contributed by atoms with E-state index in [9.17, 15) is 9.59 Å².